The topological polar surface area (TPSA) is 43.8 Å². The minimum absolute atomic E-state index is 0.0525. The van der Waals surface area contributed by atoms with Gasteiger partial charge in [-0.15, -0.1) is 0 Å². The molecule has 2 aromatic rings. The van der Waals surface area contributed by atoms with Gasteiger partial charge in [0.1, 0.15) is 17.3 Å². The molecular formula is C16H22ClN3. The molecule has 0 atom stereocenters. The average molecular weight is 292 g/mol. The molecule has 2 rings (SSSR count). The van der Waals surface area contributed by atoms with Crippen molar-refractivity contribution < 1.29 is 0 Å². The molecule has 0 aliphatic rings. The number of hydrogen-bond donors (Lipinski definition) is 1. The summed E-state index contributed by atoms with van der Waals surface area (Å²) in [4.78, 5) is 4.80. The van der Waals surface area contributed by atoms with Gasteiger partial charge in [-0.2, -0.15) is 0 Å². The van der Waals surface area contributed by atoms with Crippen LogP contribution in [-0.2, 0) is 5.41 Å². The Balaban J connectivity index is 2.64. The third-order valence-electron chi connectivity index (χ3n) is 3.25. The van der Waals surface area contributed by atoms with Crippen molar-refractivity contribution in [2.45, 2.75) is 46.1 Å². The molecule has 20 heavy (non-hydrogen) atoms. The van der Waals surface area contributed by atoms with E-state index >= 15 is 0 Å². The average Bonchev–Trinajstić information content (AvgIpc) is 2.68. The Morgan fingerprint density at radius 1 is 1.15 bits per heavy atom. The first kappa shape index (κ1) is 14.9. The van der Waals surface area contributed by atoms with E-state index < -0.39 is 0 Å². The van der Waals surface area contributed by atoms with Gasteiger partial charge in [-0.3, -0.25) is 0 Å². The summed E-state index contributed by atoms with van der Waals surface area (Å²) in [7, 11) is 0. The standard InChI is InChI=1S/C16H22ClN3/c1-10(2)20-14(18)13(19-15(20)16(3,4)5)11-6-8-12(17)9-7-11/h6-10H,18H2,1-5H3. The lowest BCUT2D eigenvalue weighted by Gasteiger charge is -2.22. The van der Waals surface area contributed by atoms with E-state index in [4.69, 9.17) is 22.3 Å². The number of halogens is 1. The number of nitrogens with two attached hydrogens (primary N) is 1. The molecule has 0 amide bonds. The minimum atomic E-state index is -0.0525. The van der Waals surface area contributed by atoms with Crippen molar-refractivity contribution in [1.29, 1.82) is 0 Å². The summed E-state index contributed by atoms with van der Waals surface area (Å²) in [5.41, 5.74) is 8.12. The highest BCUT2D eigenvalue weighted by Crippen LogP contribution is 2.34. The van der Waals surface area contributed by atoms with Crippen LogP contribution in [0.15, 0.2) is 24.3 Å². The van der Waals surface area contributed by atoms with E-state index in [0.29, 0.717) is 10.8 Å². The number of nitrogen functional groups attached to an aromatic ring is 1. The Morgan fingerprint density at radius 2 is 1.70 bits per heavy atom. The molecule has 108 valence electrons. The zero-order chi connectivity index (χ0) is 15.1. The second kappa shape index (κ2) is 5.13. The molecule has 0 radical (unpaired) electrons. The molecule has 3 nitrogen and oxygen atoms in total. The maximum Gasteiger partial charge on any atom is 0.131 e. The Bertz CT molecular complexity index is 604. The van der Waals surface area contributed by atoms with E-state index in [0.717, 1.165) is 17.1 Å². The highest BCUT2D eigenvalue weighted by atomic mass is 35.5. The molecule has 1 heterocycles. The van der Waals surface area contributed by atoms with Crippen molar-refractivity contribution in [3.63, 3.8) is 0 Å². The van der Waals surface area contributed by atoms with Crippen LogP contribution < -0.4 is 5.73 Å². The van der Waals surface area contributed by atoms with Crippen LogP contribution in [0.25, 0.3) is 11.3 Å². The van der Waals surface area contributed by atoms with Crippen molar-refractivity contribution >= 4 is 17.4 Å². The summed E-state index contributed by atoms with van der Waals surface area (Å²) in [6.45, 7) is 10.7. The van der Waals surface area contributed by atoms with Crippen molar-refractivity contribution in [3.05, 3.63) is 35.1 Å². The molecule has 1 aromatic heterocycles. The zero-order valence-corrected chi connectivity index (χ0v) is 13.5. The summed E-state index contributed by atoms with van der Waals surface area (Å²) in [6.07, 6.45) is 0. The van der Waals surface area contributed by atoms with E-state index in [1.807, 2.05) is 24.3 Å². The fourth-order valence-corrected chi connectivity index (χ4v) is 2.44. The fraction of sp³-hybridized carbons (Fsp3) is 0.438. The Kier molecular flexibility index (Phi) is 3.83. The number of imidazole rings is 1. The van der Waals surface area contributed by atoms with Gasteiger partial charge >= 0.3 is 0 Å². The van der Waals surface area contributed by atoms with Gasteiger partial charge in [0, 0.05) is 22.0 Å². The lowest BCUT2D eigenvalue weighted by Crippen LogP contribution is -2.21. The largest absolute Gasteiger partial charge is 0.383 e. The van der Waals surface area contributed by atoms with Crippen LogP contribution in [0, 0.1) is 0 Å². The molecule has 2 N–H and O–H groups in total. The predicted molar refractivity (Wildman–Crippen MR) is 86.2 cm³/mol. The van der Waals surface area contributed by atoms with E-state index in [1.54, 1.807) is 0 Å². The quantitative estimate of drug-likeness (QED) is 0.874. The smallest absolute Gasteiger partial charge is 0.131 e. The monoisotopic (exact) mass is 291 g/mol. The van der Waals surface area contributed by atoms with Gasteiger partial charge in [0.15, 0.2) is 0 Å². The maximum absolute atomic E-state index is 6.34. The van der Waals surface area contributed by atoms with Crippen LogP contribution in [0.2, 0.25) is 5.02 Å². The number of benzene rings is 1. The van der Waals surface area contributed by atoms with Gasteiger partial charge < -0.3 is 10.3 Å². The van der Waals surface area contributed by atoms with E-state index in [2.05, 4.69) is 39.2 Å². The van der Waals surface area contributed by atoms with Gasteiger partial charge in [0.05, 0.1) is 0 Å². The second-order valence-corrected chi connectivity index (χ2v) is 6.83. The number of aromatic nitrogens is 2. The maximum atomic E-state index is 6.34. The van der Waals surface area contributed by atoms with Crippen molar-refractivity contribution in [2.75, 3.05) is 5.73 Å². The number of nitrogens with zero attached hydrogens (tertiary/aromatic N) is 2. The predicted octanol–water partition coefficient (Wildman–Crippen LogP) is 4.66. The van der Waals surface area contributed by atoms with E-state index in [1.165, 1.54) is 0 Å². The normalized spacial score (nSPS) is 12.2. The summed E-state index contributed by atoms with van der Waals surface area (Å²) in [6, 6.07) is 7.91. The molecule has 0 spiro atoms. The third-order valence-corrected chi connectivity index (χ3v) is 3.50. The molecular weight excluding hydrogens is 270 g/mol. The molecule has 0 saturated carbocycles. The van der Waals surface area contributed by atoms with Crippen LogP contribution in [0.1, 0.15) is 46.5 Å². The van der Waals surface area contributed by atoms with Crippen LogP contribution in [0.3, 0.4) is 0 Å². The Hall–Kier alpha value is -1.48. The molecule has 0 aliphatic carbocycles. The van der Waals surface area contributed by atoms with Crippen molar-refractivity contribution in [3.8, 4) is 11.3 Å². The summed E-state index contributed by atoms with van der Waals surface area (Å²) < 4.78 is 2.12. The highest BCUT2D eigenvalue weighted by molar-refractivity contribution is 6.30. The summed E-state index contributed by atoms with van der Waals surface area (Å²) >= 11 is 5.94. The molecule has 0 saturated heterocycles. The minimum Gasteiger partial charge on any atom is -0.383 e. The first-order valence-corrected chi connectivity index (χ1v) is 7.23. The third kappa shape index (κ3) is 2.68. The number of anilines is 1. The SMILES string of the molecule is CC(C)n1c(C(C)(C)C)nc(-c2ccc(Cl)cc2)c1N. The van der Waals surface area contributed by atoms with Crippen LogP contribution >= 0.6 is 11.6 Å². The van der Waals surface area contributed by atoms with Crippen molar-refractivity contribution in [2.24, 2.45) is 0 Å². The van der Waals surface area contributed by atoms with E-state index in [-0.39, 0.29) is 11.5 Å². The van der Waals surface area contributed by atoms with Crippen LogP contribution in [0.5, 0.6) is 0 Å². The Morgan fingerprint density at radius 3 is 2.10 bits per heavy atom. The summed E-state index contributed by atoms with van der Waals surface area (Å²) in [5, 5.41) is 0.714. The number of rotatable bonds is 2. The molecule has 0 unspecified atom stereocenters. The summed E-state index contributed by atoms with van der Waals surface area (Å²) in [5.74, 6) is 1.72. The first-order chi connectivity index (χ1) is 9.21. The van der Waals surface area contributed by atoms with Crippen LogP contribution in [-0.4, -0.2) is 9.55 Å². The fourth-order valence-electron chi connectivity index (χ4n) is 2.32. The molecule has 4 heteroatoms. The molecule has 0 bridgehead atoms. The van der Waals surface area contributed by atoms with Gasteiger partial charge in [-0.05, 0) is 26.0 Å². The van der Waals surface area contributed by atoms with Gasteiger partial charge in [0.25, 0.3) is 0 Å². The lowest BCUT2D eigenvalue weighted by molar-refractivity contribution is 0.473. The first-order valence-electron chi connectivity index (χ1n) is 6.86. The van der Waals surface area contributed by atoms with Crippen LogP contribution in [0.4, 0.5) is 5.82 Å². The second-order valence-electron chi connectivity index (χ2n) is 6.39. The highest BCUT2D eigenvalue weighted by Gasteiger charge is 2.26. The van der Waals surface area contributed by atoms with Crippen molar-refractivity contribution in [1.82, 2.24) is 9.55 Å². The molecule has 0 aliphatic heterocycles. The zero-order valence-electron chi connectivity index (χ0n) is 12.7. The Labute approximate surface area is 125 Å². The molecule has 0 fully saturated rings. The lowest BCUT2D eigenvalue weighted by atomic mass is 9.95. The number of hydrogen-bond acceptors (Lipinski definition) is 2. The van der Waals surface area contributed by atoms with Gasteiger partial charge in [0.2, 0.25) is 0 Å². The van der Waals surface area contributed by atoms with E-state index in [9.17, 15) is 0 Å². The van der Waals surface area contributed by atoms with Gasteiger partial charge in [-0.25, -0.2) is 4.98 Å². The van der Waals surface area contributed by atoms with Gasteiger partial charge in [-0.1, -0.05) is 44.5 Å². The molecule has 1 aromatic carbocycles.